The summed E-state index contributed by atoms with van der Waals surface area (Å²) < 4.78 is 0. The van der Waals surface area contributed by atoms with Crippen LogP contribution in [0.1, 0.15) is 36.8 Å². The quantitative estimate of drug-likeness (QED) is 0.670. The van der Waals surface area contributed by atoms with Crippen LogP contribution in [0.15, 0.2) is 47.2 Å². The first kappa shape index (κ1) is 16.6. The largest absolute Gasteiger partial charge is 0.367 e. The fraction of sp³-hybridized carbons (Fsp3) is 0.381. The SMILES string of the molecule is Cc1cc(NC2CCCC(NCc3ccsc3)C2)nc2ccccc12. The van der Waals surface area contributed by atoms with Crippen molar-refractivity contribution in [1.29, 1.82) is 0 Å². The number of anilines is 1. The molecule has 2 aromatic heterocycles. The molecule has 1 aliphatic rings. The van der Waals surface area contributed by atoms with Crippen molar-refractivity contribution >= 4 is 28.1 Å². The van der Waals surface area contributed by atoms with E-state index >= 15 is 0 Å². The Labute approximate surface area is 153 Å². The molecule has 3 aromatic rings. The first-order valence-corrected chi connectivity index (χ1v) is 10.1. The summed E-state index contributed by atoms with van der Waals surface area (Å²) >= 11 is 1.77. The van der Waals surface area contributed by atoms with Crippen LogP contribution in [0.2, 0.25) is 0 Å². The second-order valence-corrected chi connectivity index (χ2v) is 7.84. The van der Waals surface area contributed by atoms with E-state index in [4.69, 9.17) is 4.98 Å². The summed E-state index contributed by atoms with van der Waals surface area (Å²) in [4.78, 5) is 4.81. The molecule has 1 fully saturated rings. The third-order valence-corrected chi connectivity index (χ3v) is 5.86. The van der Waals surface area contributed by atoms with E-state index in [9.17, 15) is 0 Å². The summed E-state index contributed by atoms with van der Waals surface area (Å²) in [5.41, 5.74) is 3.76. The van der Waals surface area contributed by atoms with E-state index in [2.05, 4.69) is 64.7 Å². The second-order valence-electron chi connectivity index (χ2n) is 7.06. The van der Waals surface area contributed by atoms with Crippen LogP contribution in [0, 0.1) is 6.92 Å². The highest BCUT2D eigenvalue weighted by Gasteiger charge is 2.22. The Morgan fingerprint density at radius 3 is 2.92 bits per heavy atom. The highest BCUT2D eigenvalue weighted by molar-refractivity contribution is 7.07. The van der Waals surface area contributed by atoms with Crippen LogP contribution in [-0.2, 0) is 6.54 Å². The third-order valence-electron chi connectivity index (χ3n) is 5.12. The third kappa shape index (κ3) is 4.02. The van der Waals surface area contributed by atoms with Crippen molar-refractivity contribution in [3.63, 3.8) is 0 Å². The number of nitrogens with zero attached hydrogens (tertiary/aromatic N) is 1. The fourth-order valence-electron chi connectivity index (χ4n) is 3.79. The number of hydrogen-bond acceptors (Lipinski definition) is 4. The Morgan fingerprint density at radius 1 is 1.16 bits per heavy atom. The number of pyridine rings is 1. The number of nitrogens with one attached hydrogen (secondary N) is 2. The van der Waals surface area contributed by atoms with Gasteiger partial charge in [-0.2, -0.15) is 11.3 Å². The predicted octanol–water partition coefficient (Wildman–Crippen LogP) is 5.12. The number of para-hydroxylation sites is 1. The number of aryl methyl sites for hydroxylation is 1. The first-order chi connectivity index (χ1) is 12.3. The number of fused-ring (bicyclic) bond motifs is 1. The van der Waals surface area contributed by atoms with Crippen molar-refractivity contribution in [1.82, 2.24) is 10.3 Å². The van der Waals surface area contributed by atoms with Crippen molar-refractivity contribution in [3.8, 4) is 0 Å². The van der Waals surface area contributed by atoms with Gasteiger partial charge < -0.3 is 10.6 Å². The smallest absolute Gasteiger partial charge is 0.127 e. The molecule has 2 unspecified atom stereocenters. The number of benzene rings is 1. The van der Waals surface area contributed by atoms with E-state index in [0.717, 1.165) is 24.3 Å². The molecule has 2 N–H and O–H groups in total. The highest BCUT2D eigenvalue weighted by atomic mass is 32.1. The molecule has 1 aromatic carbocycles. The number of rotatable bonds is 5. The maximum Gasteiger partial charge on any atom is 0.127 e. The predicted molar refractivity (Wildman–Crippen MR) is 107 cm³/mol. The van der Waals surface area contributed by atoms with Gasteiger partial charge in [0.25, 0.3) is 0 Å². The van der Waals surface area contributed by atoms with Gasteiger partial charge in [-0.3, -0.25) is 0 Å². The number of hydrogen-bond donors (Lipinski definition) is 2. The molecule has 0 saturated heterocycles. The monoisotopic (exact) mass is 351 g/mol. The molecule has 0 spiro atoms. The van der Waals surface area contributed by atoms with Crippen molar-refractivity contribution in [2.75, 3.05) is 5.32 Å². The normalized spacial score (nSPS) is 20.7. The van der Waals surface area contributed by atoms with Crippen LogP contribution >= 0.6 is 11.3 Å². The summed E-state index contributed by atoms with van der Waals surface area (Å²) in [7, 11) is 0. The van der Waals surface area contributed by atoms with Crippen molar-refractivity contribution in [2.24, 2.45) is 0 Å². The molecule has 2 atom stereocenters. The average molecular weight is 352 g/mol. The van der Waals surface area contributed by atoms with E-state index in [0.29, 0.717) is 12.1 Å². The van der Waals surface area contributed by atoms with Crippen LogP contribution < -0.4 is 10.6 Å². The minimum absolute atomic E-state index is 0.502. The molecule has 4 heteroatoms. The molecule has 4 rings (SSSR count). The van der Waals surface area contributed by atoms with Gasteiger partial charge in [-0.05, 0) is 72.7 Å². The lowest BCUT2D eigenvalue weighted by Gasteiger charge is -2.31. The highest BCUT2D eigenvalue weighted by Crippen LogP contribution is 2.25. The zero-order valence-electron chi connectivity index (χ0n) is 14.7. The molecule has 0 amide bonds. The topological polar surface area (TPSA) is 37.0 Å². The molecule has 0 bridgehead atoms. The van der Waals surface area contributed by atoms with Crippen molar-refractivity contribution in [2.45, 2.75) is 51.2 Å². The Kier molecular flexibility index (Phi) is 4.99. The molecule has 1 aliphatic carbocycles. The minimum Gasteiger partial charge on any atom is -0.367 e. The van der Waals surface area contributed by atoms with Crippen molar-refractivity contribution < 1.29 is 0 Å². The fourth-order valence-corrected chi connectivity index (χ4v) is 4.46. The lowest BCUT2D eigenvalue weighted by Crippen LogP contribution is -2.38. The lowest BCUT2D eigenvalue weighted by molar-refractivity contribution is 0.350. The maximum absolute atomic E-state index is 4.81. The van der Waals surface area contributed by atoms with Crippen LogP contribution in [0.3, 0.4) is 0 Å². The van der Waals surface area contributed by atoms with Crippen LogP contribution in [0.5, 0.6) is 0 Å². The summed E-state index contributed by atoms with van der Waals surface area (Å²) in [5.74, 6) is 1.01. The van der Waals surface area contributed by atoms with Gasteiger partial charge in [0.2, 0.25) is 0 Å². The molecular weight excluding hydrogens is 326 g/mol. The number of thiophene rings is 1. The number of aromatic nitrogens is 1. The molecule has 0 aliphatic heterocycles. The van der Waals surface area contributed by atoms with Gasteiger partial charge in [-0.25, -0.2) is 4.98 Å². The van der Waals surface area contributed by atoms with Gasteiger partial charge in [0.05, 0.1) is 5.52 Å². The van der Waals surface area contributed by atoms with Gasteiger partial charge in [0.15, 0.2) is 0 Å². The average Bonchev–Trinajstić information content (AvgIpc) is 3.14. The van der Waals surface area contributed by atoms with Crippen LogP contribution in [0.25, 0.3) is 10.9 Å². The van der Waals surface area contributed by atoms with E-state index in [1.165, 1.54) is 35.8 Å². The zero-order valence-corrected chi connectivity index (χ0v) is 15.5. The standard InChI is InChI=1S/C21H25N3S/c1-15-11-21(24-20-8-3-2-7-19(15)20)23-18-6-4-5-17(12-18)22-13-16-9-10-25-14-16/h2-3,7-11,14,17-18,22H,4-6,12-13H2,1H3,(H,23,24). The molecule has 2 heterocycles. The molecule has 0 radical (unpaired) electrons. The molecule has 25 heavy (non-hydrogen) atoms. The van der Waals surface area contributed by atoms with Gasteiger partial charge in [0.1, 0.15) is 5.82 Å². The van der Waals surface area contributed by atoms with Gasteiger partial charge in [-0.15, -0.1) is 0 Å². The second kappa shape index (κ2) is 7.54. The molecule has 1 saturated carbocycles. The summed E-state index contributed by atoms with van der Waals surface area (Å²) in [6.07, 6.45) is 4.93. The minimum atomic E-state index is 0.502. The van der Waals surface area contributed by atoms with Crippen molar-refractivity contribution in [3.05, 3.63) is 58.3 Å². The first-order valence-electron chi connectivity index (χ1n) is 9.15. The lowest BCUT2D eigenvalue weighted by atomic mass is 9.91. The zero-order chi connectivity index (χ0) is 17.1. The summed E-state index contributed by atoms with van der Waals surface area (Å²) in [5, 5.41) is 13.0. The van der Waals surface area contributed by atoms with Gasteiger partial charge in [-0.1, -0.05) is 18.2 Å². The Bertz CT molecular complexity index is 828. The van der Waals surface area contributed by atoms with E-state index < -0.39 is 0 Å². The Balaban J connectivity index is 1.40. The maximum atomic E-state index is 4.81. The molecule has 130 valence electrons. The van der Waals surface area contributed by atoms with E-state index in [-0.39, 0.29) is 0 Å². The molecular formula is C21H25N3S. The van der Waals surface area contributed by atoms with E-state index in [1.54, 1.807) is 11.3 Å². The Morgan fingerprint density at radius 2 is 2.04 bits per heavy atom. The Hall–Kier alpha value is -1.91. The molecule has 3 nitrogen and oxygen atoms in total. The van der Waals surface area contributed by atoms with Gasteiger partial charge in [0, 0.05) is 24.0 Å². The summed E-state index contributed by atoms with van der Waals surface area (Å²) in [6.45, 7) is 3.15. The van der Waals surface area contributed by atoms with Crippen LogP contribution in [-0.4, -0.2) is 17.1 Å². The van der Waals surface area contributed by atoms with Crippen LogP contribution in [0.4, 0.5) is 5.82 Å². The van der Waals surface area contributed by atoms with Gasteiger partial charge >= 0.3 is 0 Å². The summed E-state index contributed by atoms with van der Waals surface area (Å²) in [6, 6.07) is 13.9. The van der Waals surface area contributed by atoms with E-state index in [1.807, 2.05) is 0 Å².